The first-order valence-corrected chi connectivity index (χ1v) is 7.01. The first kappa shape index (κ1) is 16.3. The topological polar surface area (TPSA) is 49.7 Å². The van der Waals surface area contributed by atoms with Gasteiger partial charge in [-0.05, 0) is 50.3 Å². The summed E-state index contributed by atoms with van der Waals surface area (Å²) in [6, 6.07) is 1.94. The second kappa shape index (κ2) is 7.13. The quantitative estimate of drug-likeness (QED) is 0.844. The molecule has 0 bridgehead atoms. The van der Waals surface area contributed by atoms with Crippen molar-refractivity contribution >= 4 is 11.6 Å². The predicted molar refractivity (Wildman–Crippen MR) is 78.2 cm³/mol. The van der Waals surface area contributed by atoms with Crippen molar-refractivity contribution in [1.29, 1.82) is 0 Å². The molecule has 1 aromatic carbocycles. The van der Waals surface area contributed by atoms with Gasteiger partial charge >= 0.3 is 0 Å². The molecule has 0 saturated heterocycles. The molecule has 2 N–H and O–H groups in total. The molecule has 0 aliphatic rings. The van der Waals surface area contributed by atoms with Crippen LogP contribution in [0.15, 0.2) is 6.07 Å². The van der Waals surface area contributed by atoms with Crippen LogP contribution in [0.4, 0.5) is 0 Å². The molecule has 0 amide bonds. The van der Waals surface area contributed by atoms with Gasteiger partial charge < -0.3 is 14.9 Å². The second-order valence-electron chi connectivity index (χ2n) is 4.95. The number of aliphatic hydroxyl groups excluding tert-OH is 2. The lowest BCUT2D eigenvalue weighted by molar-refractivity contribution is 0.0832. The molecule has 1 rings (SSSR count). The molecule has 0 aromatic heterocycles. The van der Waals surface area contributed by atoms with Crippen molar-refractivity contribution in [1.82, 2.24) is 0 Å². The Bertz CT molecular complexity index is 432. The van der Waals surface area contributed by atoms with Crippen LogP contribution < -0.4 is 4.74 Å². The number of benzene rings is 1. The van der Waals surface area contributed by atoms with Crippen molar-refractivity contribution in [2.45, 2.75) is 46.1 Å². The lowest BCUT2D eigenvalue weighted by atomic mass is 9.89. The summed E-state index contributed by atoms with van der Waals surface area (Å²) in [7, 11) is 0. The van der Waals surface area contributed by atoms with Gasteiger partial charge in [0.25, 0.3) is 0 Å². The van der Waals surface area contributed by atoms with Crippen molar-refractivity contribution in [2.24, 2.45) is 0 Å². The van der Waals surface area contributed by atoms with E-state index in [9.17, 15) is 5.11 Å². The van der Waals surface area contributed by atoms with E-state index in [4.69, 9.17) is 21.4 Å². The van der Waals surface area contributed by atoms with Crippen molar-refractivity contribution in [2.75, 3.05) is 13.2 Å². The minimum Gasteiger partial charge on any atom is -0.494 e. The van der Waals surface area contributed by atoms with E-state index in [0.717, 1.165) is 27.5 Å². The van der Waals surface area contributed by atoms with E-state index in [2.05, 4.69) is 0 Å². The van der Waals surface area contributed by atoms with E-state index in [-0.39, 0.29) is 12.5 Å². The fraction of sp³-hybridized carbons (Fsp3) is 0.600. The lowest BCUT2D eigenvalue weighted by Gasteiger charge is -2.22. The molecule has 0 heterocycles. The molecule has 1 aromatic rings. The van der Waals surface area contributed by atoms with E-state index >= 15 is 0 Å². The first-order chi connectivity index (χ1) is 8.92. The molecule has 0 radical (unpaired) electrons. The number of aliphatic hydroxyl groups is 2. The van der Waals surface area contributed by atoms with Crippen LogP contribution in [0.5, 0.6) is 5.75 Å². The Morgan fingerprint density at radius 2 is 2.00 bits per heavy atom. The lowest BCUT2D eigenvalue weighted by Crippen LogP contribution is -2.16. The summed E-state index contributed by atoms with van der Waals surface area (Å²) < 4.78 is 5.69. The summed E-state index contributed by atoms with van der Waals surface area (Å²) in [5.41, 5.74) is 2.99. The van der Waals surface area contributed by atoms with Gasteiger partial charge in [0.05, 0.1) is 19.3 Å². The van der Waals surface area contributed by atoms with Crippen molar-refractivity contribution < 1.29 is 14.9 Å². The highest BCUT2D eigenvalue weighted by Gasteiger charge is 2.20. The van der Waals surface area contributed by atoms with E-state index < -0.39 is 6.10 Å². The number of rotatable bonds is 6. The van der Waals surface area contributed by atoms with E-state index in [1.54, 1.807) is 0 Å². The summed E-state index contributed by atoms with van der Waals surface area (Å²) in [6.45, 7) is 8.23. The molecule has 2 unspecified atom stereocenters. The third kappa shape index (κ3) is 3.85. The minimum absolute atomic E-state index is 0.0711. The van der Waals surface area contributed by atoms with Crippen LogP contribution in [0, 0.1) is 13.8 Å². The zero-order valence-electron chi connectivity index (χ0n) is 12.0. The van der Waals surface area contributed by atoms with Gasteiger partial charge in [-0.15, -0.1) is 0 Å². The van der Waals surface area contributed by atoms with Gasteiger partial charge in [0, 0.05) is 10.6 Å². The molecule has 19 heavy (non-hydrogen) atoms. The molecule has 0 aliphatic heterocycles. The summed E-state index contributed by atoms with van der Waals surface area (Å²) in [4.78, 5) is 0. The monoisotopic (exact) mass is 286 g/mol. The Morgan fingerprint density at radius 3 is 2.53 bits per heavy atom. The molecular weight excluding hydrogens is 264 g/mol. The van der Waals surface area contributed by atoms with Crippen LogP contribution in [0.25, 0.3) is 0 Å². The maximum absolute atomic E-state index is 9.60. The summed E-state index contributed by atoms with van der Waals surface area (Å²) in [5.74, 6) is 0.890. The second-order valence-corrected chi connectivity index (χ2v) is 5.33. The predicted octanol–water partition coefficient (Wildman–Crippen LogP) is 3.20. The van der Waals surface area contributed by atoms with Crippen LogP contribution in [0.1, 0.15) is 42.9 Å². The standard InChI is InChI=1S/C15H23ClO3/c1-5-19-13-7-10(3)15(16)11(4)14(13)9(2)6-12(18)8-17/h7,9,12,17-18H,5-6,8H2,1-4H3. The zero-order chi connectivity index (χ0) is 14.6. The van der Waals surface area contributed by atoms with Crippen LogP contribution in [0.3, 0.4) is 0 Å². The van der Waals surface area contributed by atoms with Gasteiger partial charge in [-0.1, -0.05) is 18.5 Å². The number of hydrogen-bond donors (Lipinski definition) is 2. The van der Waals surface area contributed by atoms with Crippen LogP contribution in [-0.2, 0) is 0 Å². The van der Waals surface area contributed by atoms with Gasteiger partial charge in [0.15, 0.2) is 0 Å². The molecule has 4 heteroatoms. The average Bonchev–Trinajstić information content (AvgIpc) is 2.36. The van der Waals surface area contributed by atoms with E-state index in [1.165, 1.54) is 0 Å². The summed E-state index contributed by atoms with van der Waals surface area (Å²) in [6.07, 6.45) is -0.236. The van der Waals surface area contributed by atoms with Crippen molar-refractivity contribution in [3.8, 4) is 5.75 Å². The summed E-state index contributed by atoms with van der Waals surface area (Å²) >= 11 is 6.30. The SMILES string of the molecule is CCOc1cc(C)c(Cl)c(C)c1C(C)CC(O)CO. The smallest absolute Gasteiger partial charge is 0.123 e. The molecule has 0 aliphatic carbocycles. The van der Waals surface area contributed by atoms with Crippen LogP contribution in [0.2, 0.25) is 5.02 Å². The maximum Gasteiger partial charge on any atom is 0.123 e. The van der Waals surface area contributed by atoms with Crippen molar-refractivity contribution in [3.05, 3.63) is 27.8 Å². The Kier molecular flexibility index (Phi) is 6.11. The molecule has 0 fully saturated rings. The fourth-order valence-electron chi connectivity index (χ4n) is 2.42. The van der Waals surface area contributed by atoms with Crippen LogP contribution >= 0.6 is 11.6 Å². The Morgan fingerprint density at radius 1 is 1.37 bits per heavy atom. The Hall–Kier alpha value is -0.770. The molecule has 108 valence electrons. The van der Waals surface area contributed by atoms with Crippen LogP contribution in [-0.4, -0.2) is 29.5 Å². The van der Waals surface area contributed by atoms with E-state index in [0.29, 0.717) is 13.0 Å². The number of ether oxygens (including phenoxy) is 1. The normalized spacial score (nSPS) is 14.3. The number of aryl methyl sites for hydroxylation is 1. The number of hydrogen-bond acceptors (Lipinski definition) is 3. The van der Waals surface area contributed by atoms with Crippen molar-refractivity contribution in [3.63, 3.8) is 0 Å². The van der Waals surface area contributed by atoms with Gasteiger partial charge in [0.2, 0.25) is 0 Å². The zero-order valence-corrected chi connectivity index (χ0v) is 12.8. The largest absolute Gasteiger partial charge is 0.494 e. The fourth-order valence-corrected chi connectivity index (χ4v) is 2.58. The average molecular weight is 287 g/mol. The third-order valence-electron chi connectivity index (χ3n) is 3.32. The molecular formula is C15H23ClO3. The highest BCUT2D eigenvalue weighted by Crippen LogP contribution is 2.38. The van der Waals surface area contributed by atoms with Gasteiger partial charge in [0.1, 0.15) is 5.75 Å². The molecule has 0 spiro atoms. The van der Waals surface area contributed by atoms with E-state index in [1.807, 2.05) is 33.8 Å². The molecule has 3 nitrogen and oxygen atoms in total. The minimum atomic E-state index is -0.719. The Balaban J connectivity index is 3.19. The van der Waals surface area contributed by atoms with Gasteiger partial charge in [-0.25, -0.2) is 0 Å². The molecule has 0 saturated carbocycles. The molecule has 2 atom stereocenters. The summed E-state index contributed by atoms with van der Waals surface area (Å²) in [5, 5.41) is 19.3. The Labute approximate surface area is 120 Å². The first-order valence-electron chi connectivity index (χ1n) is 6.63. The highest BCUT2D eigenvalue weighted by molar-refractivity contribution is 6.32. The van der Waals surface area contributed by atoms with Gasteiger partial charge in [-0.3, -0.25) is 0 Å². The maximum atomic E-state index is 9.60. The number of halogens is 1. The highest BCUT2D eigenvalue weighted by atomic mass is 35.5. The third-order valence-corrected chi connectivity index (χ3v) is 3.90. The van der Waals surface area contributed by atoms with Gasteiger partial charge in [-0.2, -0.15) is 0 Å².